The van der Waals surface area contributed by atoms with E-state index in [0.29, 0.717) is 12.2 Å². The molecule has 2 heterocycles. The van der Waals surface area contributed by atoms with E-state index in [9.17, 15) is 4.79 Å². The molecule has 1 aliphatic rings. The van der Waals surface area contributed by atoms with Gasteiger partial charge in [-0.1, -0.05) is 18.2 Å². The lowest BCUT2D eigenvalue weighted by Crippen LogP contribution is -2.31. The number of fused-ring (bicyclic) bond motifs is 1. The van der Waals surface area contributed by atoms with Gasteiger partial charge in [0, 0.05) is 19.2 Å². The topological polar surface area (TPSA) is 58.2 Å². The predicted molar refractivity (Wildman–Crippen MR) is 101 cm³/mol. The molecule has 2 aromatic carbocycles. The highest BCUT2D eigenvalue weighted by Crippen LogP contribution is 2.32. The Hall–Kier alpha value is -2.66. The van der Waals surface area contributed by atoms with E-state index in [4.69, 9.17) is 9.72 Å². The Kier molecular flexibility index (Phi) is 4.47. The molecule has 1 amide bonds. The molecule has 0 radical (unpaired) electrons. The zero-order chi connectivity index (χ0) is 18.1. The van der Waals surface area contributed by atoms with E-state index in [0.717, 1.165) is 41.8 Å². The molecule has 1 unspecified atom stereocenters. The van der Waals surface area contributed by atoms with Gasteiger partial charge in [0.15, 0.2) is 0 Å². The molecule has 1 atom stereocenters. The van der Waals surface area contributed by atoms with Gasteiger partial charge >= 0.3 is 0 Å². The van der Waals surface area contributed by atoms with Crippen LogP contribution in [0.3, 0.4) is 0 Å². The van der Waals surface area contributed by atoms with Crippen molar-refractivity contribution in [3.63, 3.8) is 0 Å². The molecular weight excluding hydrogens is 326 g/mol. The lowest BCUT2D eigenvalue weighted by molar-refractivity contribution is 0.0730. The van der Waals surface area contributed by atoms with Crippen molar-refractivity contribution in [2.24, 2.45) is 0 Å². The Bertz CT molecular complexity index is 930. The summed E-state index contributed by atoms with van der Waals surface area (Å²) in [7, 11) is 1.67. The lowest BCUT2D eigenvalue weighted by Gasteiger charge is -2.23. The van der Waals surface area contributed by atoms with Gasteiger partial charge in [0.2, 0.25) is 0 Å². The number of aromatic amines is 1. The molecule has 134 valence electrons. The number of amides is 1. The van der Waals surface area contributed by atoms with Gasteiger partial charge in [-0.2, -0.15) is 0 Å². The maximum atomic E-state index is 13.0. The highest BCUT2D eigenvalue weighted by Gasteiger charge is 2.32. The molecule has 1 aromatic heterocycles. The number of nitrogens with zero attached hydrogens (tertiary/aromatic N) is 2. The summed E-state index contributed by atoms with van der Waals surface area (Å²) in [5.41, 5.74) is 4.96. The number of carbonyl (C=O) groups excluding carboxylic acids is 1. The van der Waals surface area contributed by atoms with Crippen LogP contribution in [0.1, 0.15) is 46.2 Å². The van der Waals surface area contributed by atoms with Crippen molar-refractivity contribution in [1.82, 2.24) is 14.9 Å². The Balaban J connectivity index is 1.59. The second-order valence-corrected chi connectivity index (χ2v) is 6.93. The van der Waals surface area contributed by atoms with Crippen LogP contribution in [0.25, 0.3) is 11.0 Å². The monoisotopic (exact) mass is 349 g/mol. The van der Waals surface area contributed by atoms with Crippen molar-refractivity contribution in [2.75, 3.05) is 13.7 Å². The van der Waals surface area contributed by atoms with Gasteiger partial charge in [-0.25, -0.2) is 4.98 Å². The quantitative estimate of drug-likeness (QED) is 0.775. The molecule has 0 bridgehead atoms. The van der Waals surface area contributed by atoms with E-state index in [2.05, 4.69) is 24.0 Å². The fourth-order valence-electron chi connectivity index (χ4n) is 3.67. The average Bonchev–Trinajstić information content (AvgIpc) is 3.28. The normalized spacial score (nSPS) is 17.2. The third kappa shape index (κ3) is 3.10. The molecule has 3 aromatic rings. The maximum Gasteiger partial charge on any atom is 0.254 e. The molecule has 5 nitrogen and oxygen atoms in total. The summed E-state index contributed by atoms with van der Waals surface area (Å²) in [6, 6.07) is 13.9. The summed E-state index contributed by atoms with van der Waals surface area (Å²) in [6.07, 6.45) is 1.93. The number of rotatable bonds is 4. The SMILES string of the molecule is COCc1ccc(C(=O)N2CCCC2c2nc3ccc(C)cc3[nH]2)cc1. The van der Waals surface area contributed by atoms with E-state index < -0.39 is 0 Å². The van der Waals surface area contributed by atoms with Crippen molar-refractivity contribution in [1.29, 1.82) is 0 Å². The Morgan fingerprint density at radius 2 is 2.08 bits per heavy atom. The molecule has 1 saturated heterocycles. The number of methoxy groups -OCH3 is 1. The largest absolute Gasteiger partial charge is 0.380 e. The predicted octanol–water partition coefficient (Wildman–Crippen LogP) is 4.00. The number of aromatic nitrogens is 2. The number of likely N-dealkylation sites (tertiary alicyclic amines) is 1. The van der Waals surface area contributed by atoms with Gasteiger partial charge in [-0.3, -0.25) is 4.79 Å². The highest BCUT2D eigenvalue weighted by molar-refractivity contribution is 5.94. The number of hydrogen-bond acceptors (Lipinski definition) is 3. The fraction of sp³-hybridized carbons (Fsp3) is 0.333. The van der Waals surface area contributed by atoms with Crippen molar-refractivity contribution in [3.05, 3.63) is 65.0 Å². The summed E-state index contributed by atoms with van der Waals surface area (Å²) in [4.78, 5) is 23.1. The average molecular weight is 349 g/mol. The van der Waals surface area contributed by atoms with Crippen LogP contribution < -0.4 is 0 Å². The minimum atomic E-state index is 0.00820. The van der Waals surface area contributed by atoms with E-state index in [1.165, 1.54) is 5.56 Å². The van der Waals surface area contributed by atoms with Crippen LogP contribution in [0.5, 0.6) is 0 Å². The first-order valence-corrected chi connectivity index (χ1v) is 9.01. The summed E-state index contributed by atoms with van der Waals surface area (Å²) < 4.78 is 5.13. The van der Waals surface area contributed by atoms with Crippen LogP contribution in [0.4, 0.5) is 0 Å². The molecule has 26 heavy (non-hydrogen) atoms. The van der Waals surface area contributed by atoms with Crippen LogP contribution in [0.2, 0.25) is 0 Å². The van der Waals surface area contributed by atoms with Crippen molar-refractivity contribution >= 4 is 16.9 Å². The third-order valence-corrected chi connectivity index (χ3v) is 5.00. The molecule has 5 heteroatoms. The molecule has 0 aliphatic carbocycles. The molecule has 0 spiro atoms. The highest BCUT2D eigenvalue weighted by atomic mass is 16.5. The number of carbonyl (C=O) groups is 1. The van der Waals surface area contributed by atoms with E-state index in [1.807, 2.05) is 35.2 Å². The van der Waals surface area contributed by atoms with Crippen LogP contribution >= 0.6 is 0 Å². The van der Waals surface area contributed by atoms with Crippen molar-refractivity contribution in [3.8, 4) is 0 Å². The van der Waals surface area contributed by atoms with E-state index >= 15 is 0 Å². The van der Waals surface area contributed by atoms with E-state index in [1.54, 1.807) is 7.11 Å². The maximum absolute atomic E-state index is 13.0. The zero-order valence-corrected chi connectivity index (χ0v) is 15.2. The third-order valence-electron chi connectivity index (χ3n) is 5.00. The van der Waals surface area contributed by atoms with Gasteiger partial charge in [0.25, 0.3) is 5.91 Å². The lowest BCUT2D eigenvalue weighted by atomic mass is 10.1. The minimum absolute atomic E-state index is 0.00820. The Morgan fingerprint density at radius 3 is 2.85 bits per heavy atom. The van der Waals surface area contributed by atoms with Gasteiger partial charge in [0.1, 0.15) is 5.82 Å². The summed E-state index contributed by atoms with van der Waals surface area (Å²) >= 11 is 0. The van der Waals surface area contributed by atoms with Gasteiger partial charge in [0.05, 0.1) is 23.7 Å². The minimum Gasteiger partial charge on any atom is -0.380 e. The fourth-order valence-corrected chi connectivity index (χ4v) is 3.67. The smallest absolute Gasteiger partial charge is 0.254 e. The zero-order valence-electron chi connectivity index (χ0n) is 15.2. The van der Waals surface area contributed by atoms with Crippen LogP contribution in [0, 0.1) is 6.92 Å². The molecule has 4 rings (SSSR count). The standard InChI is InChI=1S/C21H23N3O2/c1-14-5-10-17-18(12-14)23-20(22-17)19-4-3-11-24(19)21(25)16-8-6-15(7-9-16)13-26-2/h5-10,12,19H,3-4,11,13H2,1-2H3,(H,22,23). The number of H-pyrrole nitrogens is 1. The first-order valence-electron chi connectivity index (χ1n) is 9.01. The summed E-state index contributed by atoms with van der Waals surface area (Å²) in [6.45, 7) is 3.39. The molecular formula is C21H23N3O2. The molecule has 0 saturated carbocycles. The number of imidazole rings is 1. The number of benzene rings is 2. The summed E-state index contributed by atoms with van der Waals surface area (Å²) in [5.74, 6) is 0.945. The van der Waals surface area contributed by atoms with Crippen LogP contribution in [-0.4, -0.2) is 34.4 Å². The number of ether oxygens (including phenoxy) is 1. The Morgan fingerprint density at radius 1 is 1.27 bits per heavy atom. The number of aryl methyl sites for hydroxylation is 1. The molecule has 1 fully saturated rings. The summed E-state index contributed by atoms with van der Waals surface area (Å²) in [5, 5.41) is 0. The number of hydrogen-bond donors (Lipinski definition) is 1. The van der Waals surface area contributed by atoms with Gasteiger partial charge in [-0.05, 0) is 55.2 Å². The van der Waals surface area contributed by atoms with Gasteiger partial charge < -0.3 is 14.6 Å². The van der Waals surface area contributed by atoms with Crippen molar-refractivity contribution < 1.29 is 9.53 Å². The second kappa shape index (κ2) is 6.92. The van der Waals surface area contributed by atoms with E-state index in [-0.39, 0.29) is 11.9 Å². The molecule has 1 aliphatic heterocycles. The van der Waals surface area contributed by atoms with Gasteiger partial charge in [-0.15, -0.1) is 0 Å². The van der Waals surface area contributed by atoms with Crippen LogP contribution in [0.15, 0.2) is 42.5 Å². The first kappa shape index (κ1) is 16.8. The second-order valence-electron chi connectivity index (χ2n) is 6.93. The van der Waals surface area contributed by atoms with Crippen molar-refractivity contribution in [2.45, 2.75) is 32.4 Å². The van der Waals surface area contributed by atoms with Crippen LogP contribution in [-0.2, 0) is 11.3 Å². The first-order chi connectivity index (χ1) is 12.7. The Labute approximate surface area is 153 Å². The number of nitrogens with one attached hydrogen (secondary N) is 1. The molecule has 1 N–H and O–H groups in total.